The van der Waals surface area contributed by atoms with Crippen LogP contribution in [0.5, 0.6) is 0 Å². The molecule has 0 spiro atoms. The number of carbonyl (C=O) groups is 1. The lowest BCUT2D eigenvalue weighted by Gasteiger charge is -2.30. The number of amides is 1. The van der Waals surface area contributed by atoms with Crippen LogP contribution in [0, 0.1) is 6.92 Å². The second-order valence-electron chi connectivity index (χ2n) is 7.58. The standard InChI is InChI=1S/C23H27N3OS/c1-3-17-8-6-7-16(2)22(17)25-21(27)15-26-13-11-18(12-14-26)23-24-19-9-4-5-10-20(19)28-23/h4-10,18H,3,11-15H2,1-2H3,(H,25,27). The third-order valence-electron chi connectivity index (χ3n) is 5.62. The summed E-state index contributed by atoms with van der Waals surface area (Å²) in [4.78, 5) is 19.7. The Morgan fingerprint density at radius 2 is 1.96 bits per heavy atom. The van der Waals surface area contributed by atoms with Gasteiger partial charge in [-0.05, 0) is 62.5 Å². The van der Waals surface area contributed by atoms with Gasteiger partial charge in [-0.2, -0.15) is 0 Å². The van der Waals surface area contributed by atoms with E-state index < -0.39 is 0 Å². The number of thiazole rings is 1. The molecule has 0 aliphatic carbocycles. The molecule has 2 heterocycles. The van der Waals surface area contributed by atoms with Crippen molar-refractivity contribution in [2.45, 2.75) is 39.0 Å². The van der Waals surface area contributed by atoms with Gasteiger partial charge in [-0.15, -0.1) is 11.3 Å². The molecule has 1 fully saturated rings. The molecule has 5 heteroatoms. The number of rotatable bonds is 5. The molecule has 1 N–H and O–H groups in total. The highest BCUT2D eigenvalue weighted by molar-refractivity contribution is 7.18. The van der Waals surface area contributed by atoms with Gasteiger partial charge in [0.05, 0.1) is 21.8 Å². The molecule has 0 unspecified atom stereocenters. The van der Waals surface area contributed by atoms with Gasteiger partial charge in [0.1, 0.15) is 0 Å². The number of likely N-dealkylation sites (tertiary alicyclic amines) is 1. The first-order chi connectivity index (χ1) is 13.6. The molecule has 3 aromatic rings. The second-order valence-corrected chi connectivity index (χ2v) is 8.64. The zero-order chi connectivity index (χ0) is 19.5. The summed E-state index contributed by atoms with van der Waals surface area (Å²) in [6, 6.07) is 14.5. The van der Waals surface area contributed by atoms with E-state index in [2.05, 4.69) is 60.5 Å². The third-order valence-corrected chi connectivity index (χ3v) is 6.82. The van der Waals surface area contributed by atoms with Crippen LogP contribution < -0.4 is 5.32 Å². The van der Waals surface area contributed by atoms with Gasteiger partial charge in [0, 0.05) is 11.6 Å². The van der Waals surface area contributed by atoms with E-state index >= 15 is 0 Å². The molecular weight excluding hydrogens is 366 g/mol. The van der Waals surface area contributed by atoms with E-state index in [0.29, 0.717) is 12.5 Å². The molecule has 4 nitrogen and oxygen atoms in total. The van der Waals surface area contributed by atoms with Gasteiger partial charge in [-0.25, -0.2) is 4.98 Å². The minimum absolute atomic E-state index is 0.0856. The largest absolute Gasteiger partial charge is 0.324 e. The number of carbonyl (C=O) groups excluding carboxylic acids is 1. The van der Waals surface area contributed by atoms with Crippen LogP contribution in [0.1, 0.15) is 41.8 Å². The molecule has 1 aromatic heterocycles. The zero-order valence-corrected chi connectivity index (χ0v) is 17.4. The maximum Gasteiger partial charge on any atom is 0.238 e. The number of benzene rings is 2. The van der Waals surface area contributed by atoms with Crippen LogP contribution in [0.25, 0.3) is 10.2 Å². The van der Waals surface area contributed by atoms with E-state index in [0.717, 1.165) is 49.1 Å². The first kappa shape index (κ1) is 19.1. The summed E-state index contributed by atoms with van der Waals surface area (Å²) >= 11 is 1.82. The zero-order valence-electron chi connectivity index (χ0n) is 16.6. The molecule has 1 aliphatic heterocycles. The molecule has 1 amide bonds. The summed E-state index contributed by atoms with van der Waals surface area (Å²) in [7, 11) is 0. The van der Waals surface area contributed by atoms with E-state index in [1.54, 1.807) is 0 Å². The number of para-hydroxylation sites is 2. The van der Waals surface area contributed by atoms with Gasteiger partial charge >= 0.3 is 0 Å². The molecule has 0 radical (unpaired) electrons. The van der Waals surface area contributed by atoms with Gasteiger partial charge in [0.25, 0.3) is 0 Å². The summed E-state index contributed by atoms with van der Waals surface area (Å²) < 4.78 is 1.27. The smallest absolute Gasteiger partial charge is 0.238 e. The van der Waals surface area contributed by atoms with Crippen molar-refractivity contribution in [2.24, 2.45) is 0 Å². The Morgan fingerprint density at radius 1 is 1.18 bits per heavy atom. The van der Waals surface area contributed by atoms with E-state index in [-0.39, 0.29) is 5.91 Å². The monoisotopic (exact) mass is 393 g/mol. The van der Waals surface area contributed by atoms with Crippen molar-refractivity contribution in [1.29, 1.82) is 0 Å². The minimum Gasteiger partial charge on any atom is -0.324 e. The van der Waals surface area contributed by atoms with Crippen LogP contribution in [0.15, 0.2) is 42.5 Å². The lowest BCUT2D eigenvalue weighted by atomic mass is 9.97. The Hall–Kier alpha value is -2.24. The fourth-order valence-electron chi connectivity index (χ4n) is 3.99. The quantitative estimate of drug-likeness (QED) is 0.664. The maximum atomic E-state index is 12.6. The van der Waals surface area contributed by atoms with Crippen molar-refractivity contribution >= 4 is 33.1 Å². The van der Waals surface area contributed by atoms with Crippen LogP contribution in [0.4, 0.5) is 5.69 Å². The average molecular weight is 394 g/mol. The van der Waals surface area contributed by atoms with Crippen LogP contribution in [-0.4, -0.2) is 35.4 Å². The number of fused-ring (bicyclic) bond motifs is 1. The number of aromatic nitrogens is 1. The van der Waals surface area contributed by atoms with Gasteiger partial charge in [-0.1, -0.05) is 37.3 Å². The Kier molecular flexibility index (Phi) is 5.74. The summed E-state index contributed by atoms with van der Waals surface area (Å²) in [6.07, 6.45) is 3.06. The maximum absolute atomic E-state index is 12.6. The van der Waals surface area contributed by atoms with Crippen LogP contribution in [0.3, 0.4) is 0 Å². The number of nitrogens with one attached hydrogen (secondary N) is 1. The molecule has 0 saturated carbocycles. The average Bonchev–Trinajstić information content (AvgIpc) is 3.14. The molecule has 0 bridgehead atoms. The van der Waals surface area contributed by atoms with E-state index in [9.17, 15) is 4.79 Å². The summed E-state index contributed by atoms with van der Waals surface area (Å²) in [5.41, 5.74) is 4.42. The molecule has 0 atom stereocenters. The number of hydrogen-bond acceptors (Lipinski definition) is 4. The van der Waals surface area contributed by atoms with Crippen molar-refractivity contribution in [3.05, 3.63) is 58.6 Å². The van der Waals surface area contributed by atoms with E-state index in [4.69, 9.17) is 4.98 Å². The molecule has 2 aromatic carbocycles. The number of nitrogens with zero attached hydrogens (tertiary/aromatic N) is 2. The fourth-order valence-corrected chi connectivity index (χ4v) is 5.12. The SMILES string of the molecule is CCc1cccc(C)c1NC(=O)CN1CCC(c2nc3ccccc3s2)CC1. The molecule has 1 aliphatic rings. The first-order valence-corrected chi connectivity index (χ1v) is 10.9. The Labute approximate surface area is 170 Å². The predicted molar refractivity (Wildman–Crippen MR) is 117 cm³/mol. The Bertz CT molecular complexity index is 940. The lowest BCUT2D eigenvalue weighted by Crippen LogP contribution is -2.38. The van der Waals surface area contributed by atoms with Gasteiger partial charge in [0.2, 0.25) is 5.91 Å². The van der Waals surface area contributed by atoms with Gasteiger partial charge < -0.3 is 5.32 Å². The highest BCUT2D eigenvalue weighted by atomic mass is 32.1. The fraction of sp³-hybridized carbons (Fsp3) is 0.391. The number of piperidine rings is 1. The molecule has 28 heavy (non-hydrogen) atoms. The van der Waals surface area contributed by atoms with Gasteiger partial charge in [-0.3, -0.25) is 9.69 Å². The highest BCUT2D eigenvalue weighted by Gasteiger charge is 2.24. The Balaban J connectivity index is 1.33. The van der Waals surface area contributed by atoms with Crippen molar-refractivity contribution in [3.63, 3.8) is 0 Å². The van der Waals surface area contributed by atoms with E-state index in [1.807, 2.05) is 17.4 Å². The summed E-state index contributed by atoms with van der Waals surface area (Å²) in [5.74, 6) is 0.599. The highest BCUT2D eigenvalue weighted by Crippen LogP contribution is 2.33. The number of aryl methyl sites for hydroxylation is 2. The second kappa shape index (κ2) is 8.41. The van der Waals surface area contributed by atoms with Crippen molar-refractivity contribution in [1.82, 2.24) is 9.88 Å². The van der Waals surface area contributed by atoms with Crippen molar-refractivity contribution < 1.29 is 4.79 Å². The molecule has 4 rings (SSSR count). The van der Waals surface area contributed by atoms with Crippen LogP contribution in [-0.2, 0) is 11.2 Å². The third kappa shape index (κ3) is 4.10. The lowest BCUT2D eigenvalue weighted by molar-refractivity contribution is -0.117. The molecule has 1 saturated heterocycles. The van der Waals surface area contributed by atoms with Crippen LogP contribution in [0.2, 0.25) is 0 Å². The summed E-state index contributed by atoms with van der Waals surface area (Å²) in [5, 5.41) is 4.39. The Morgan fingerprint density at radius 3 is 2.71 bits per heavy atom. The number of hydrogen-bond donors (Lipinski definition) is 1. The normalized spacial score (nSPS) is 15.8. The van der Waals surface area contributed by atoms with Crippen molar-refractivity contribution in [3.8, 4) is 0 Å². The van der Waals surface area contributed by atoms with Gasteiger partial charge in [0.15, 0.2) is 0 Å². The topological polar surface area (TPSA) is 45.2 Å². The van der Waals surface area contributed by atoms with E-state index in [1.165, 1.54) is 15.3 Å². The van der Waals surface area contributed by atoms with Crippen molar-refractivity contribution in [2.75, 3.05) is 25.0 Å². The number of anilines is 1. The summed E-state index contributed by atoms with van der Waals surface area (Å²) in [6.45, 7) is 6.53. The molecular formula is C23H27N3OS. The van der Waals surface area contributed by atoms with Crippen LogP contribution >= 0.6 is 11.3 Å². The molecule has 146 valence electrons. The minimum atomic E-state index is 0.0856. The predicted octanol–water partition coefficient (Wildman–Crippen LogP) is 4.99. The first-order valence-electron chi connectivity index (χ1n) is 10.1.